The lowest BCUT2D eigenvalue weighted by molar-refractivity contribution is -0.130. The third-order valence-corrected chi connectivity index (χ3v) is 2.68. The number of rotatable bonds is 1. The summed E-state index contributed by atoms with van der Waals surface area (Å²) in [6, 6.07) is 3.35. The summed E-state index contributed by atoms with van der Waals surface area (Å²) in [5.41, 5.74) is 1.18. The molecule has 80 valence electrons. The molecule has 0 aromatic carbocycles. The molecule has 0 fully saturated rings. The zero-order valence-corrected chi connectivity index (χ0v) is 8.43. The summed E-state index contributed by atoms with van der Waals surface area (Å²) in [7, 11) is 0. The molecule has 5 nitrogen and oxygen atoms in total. The number of amides is 1. The van der Waals surface area contributed by atoms with Crippen LogP contribution in [-0.2, 0) is 17.9 Å². The third kappa shape index (κ3) is 1.60. The monoisotopic (exact) mass is 208 g/mol. The second-order valence-corrected chi connectivity index (χ2v) is 3.61. The minimum absolute atomic E-state index is 0.0272. The van der Waals surface area contributed by atoms with E-state index >= 15 is 0 Å². The van der Waals surface area contributed by atoms with Gasteiger partial charge in [0.2, 0.25) is 5.91 Å². The summed E-state index contributed by atoms with van der Waals surface area (Å²) < 4.78 is 1.75. The molecule has 0 atom stereocenters. The molecule has 15 heavy (non-hydrogen) atoms. The molecule has 1 amide bonds. The molecule has 2 rings (SSSR count). The van der Waals surface area contributed by atoms with Gasteiger partial charge in [-0.1, -0.05) is 0 Å². The predicted molar refractivity (Wildman–Crippen MR) is 52.5 cm³/mol. The van der Waals surface area contributed by atoms with Gasteiger partial charge in [0, 0.05) is 25.7 Å². The van der Waals surface area contributed by atoms with Gasteiger partial charge >= 0.3 is 5.97 Å². The summed E-state index contributed by atoms with van der Waals surface area (Å²) in [6.07, 6.45) is 0. The van der Waals surface area contributed by atoms with Crippen LogP contribution >= 0.6 is 0 Å². The van der Waals surface area contributed by atoms with Gasteiger partial charge in [-0.05, 0) is 12.1 Å². The molecule has 5 heteroatoms. The number of carbonyl (C=O) groups is 2. The van der Waals surface area contributed by atoms with E-state index in [9.17, 15) is 9.59 Å². The molecule has 1 N–H and O–H groups in total. The summed E-state index contributed by atoms with van der Waals surface area (Å²) in [6.45, 7) is 3.17. The Balaban J connectivity index is 2.30. The first kappa shape index (κ1) is 9.76. The van der Waals surface area contributed by atoms with E-state index in [2.05, 4.69) is 0 Å². The van der Waals surface area contributed by atoms with Crippen LogP contribution in [0.25, 0.3) is 0 Å². The van der Waals surface area contributed by atoms with E-state index in [1.165, 1.54) is 6.92 Å². The maximum absolute atomic E-state index is 11.1. The van der Waals surface area contributed by atoms with Crippen molar-refractivity contribution in [3.63, 3.8) is 0 Å². The average molecular weight is 208 g/mol. The highest BCUT2D eigenvalue weighted by molar-refractivity contribution is 5.86. The van der Waals surface area contributed by atoms with Crippen LogP contribution in [0.4, 0.5) is 0 Å². The number of carboxylic acid groups (broad SMARTS) is 1. The molecule has 2 heterocycles. The van der Waals surface area contributed by atoms with Crippen molar-refractivity contribution in [2.24, 2.45) is 0 Å². The summed E-state index contributed by atoms with van der Waals surface area (Å²) in [4.78, 5) is 23.7. The molecule has 0 unspecified atom stereocenters. The van der Waals surface area contributed by atoms with E-state index in [-0.39, 0.29) is 5.91 Å². The van der Waals surface area contributed by atoms with Crippen LogP contribution in [0.15, 0.2) is 12.1 Å². The molecule has 0 radical (unpaired) electrons. The van der Waals surface area contributed by atoms with Gasteiger partial charge in [0.25, 0.3) is 0 Å². The number of fused-ring (bicyclic) bond motifs is 1. The Morgan fingerprint density at radius 3 is 2.67 bits per heavy atom. The third-order valence-electron chi connectivity index (χ3n) is 2.68. The fraction of sp³-hybridized carbons (Fsp3) is 0.400. The van der Waals surface area contributed by atoms with Gasteiger partial charge in [-0.25, -0.2) is 4.79 Å². The van der Waals surface area contributed by atoms with Crippen molar-refractivity contribution in [1.82, 2.24) is 9.47 Å². The van der Waals surface area contributed by atoms with E-state index in [0.29, 0.717) is 25.3 Å². The van der Waals surface area contributed by atoms with Crippen LogP contribution in [0.2, 0.25) is 0 Å². The molecule has 0 aliphatic carbocycles. The van der Waals surface area contributed by atoms with E-state index in [1.54, 1.807) is 21.6 Å². The topological polar surface area (TPSA) is 62.5 Å². The lowest BCUT2D eigenvalue weighted by Crippen LogP contribution is -2.37. The van der Waals surface area contributed by atoms with Crippen molar-refractivity contribution in [3.8, 4) is 0 Å². The van der Waals surface area contributed by atoms with Crippen molar-refractivity contribution >= 4 is 11.9 Å². The van der Waals surface area contributed by atoms with Gasteiger partial charge in [-0.2, -0.15) is 0 Å². The summed E-state index contributed by atoms with van der Waals surface area (Å²) in [5.74, 6) is -0.892. The number of aromatic nitrogens is 1. The first-order valence-corrected chi connectivity index (χ1v) is 4.77. The molecule has 0 saturated heterocycles. The number of carboxylic acids is 1. The zero-order valence-electron chi connectivity index (χ0n) is 8.43. The second kappa shape index (κ2) is 3.42. The highest BCUT2D eigenvalue weighted by Gasteiger charge is 2.21. The standard InChI is InChI=1S/C10H12N2O3/c1-7(13)11-4-5-12-8(6-11)2-3-9(12)10(14)15/h2-3H,4-6H2,1H3,(H,14,15). The average Bonchev–Trinajstić information content (AvgIpc) is 2.59. The quantitative estimate of drug-likeness (QED) is 0.733. The Kier molecular flexibility index (Phi) is 2.22. The first-order chi connectivity index (χ1) is 7.09. The van der Waals surface area contributed by atoms with Crippen LogP contribution < -0.4 is 0 Å². The van der Waals surface area contributed by atoms with Crippen molar-refractivity contribution in [3.05, 3.63) is 23.5 Å². The van der Waals surface area contributed by atoms with Gasteiger partial charge in [0.1, 0.15) is 5.69 Å². The molecule has 1 aromatic heterocycles. The van der Waals surface area contributed by atoms with Gasteiger partial charge in [-0.15, -0.1) is 0 Å². The van der Waals surface area contributed by atoms with Gasteiger partial charge in [0.05, 0.1) is 6.54 Å². The largest absolute Gasteiger partial charge is 0.477 e. The fourth-order valence-corrected chi connectivity index (χ4v) is 1.86. The van der Waals surface area contributed by atoms with E-state index in [1.807, 2.05) is 0 Å². The second-order valence-electron chi connectivity index (χ2n) is 3.61. The Morgan fingerprint density at radius 1 is 1.33 bits per heavy atom. The molecular formula is C10H12N2O3. The molecule has 1 aliphatic heterocycles. The maximum Gasteiger partial charge on any atom is 0.352 e. The Morgan fingerprint density at radius 2 is 2.07 bits per heavy atom. The normalized spacial score (nSPS) is 14.9. The molecule has 1 aromatic rings. The number of aromatic carboxylic acids is 1. The van der Waals surface area contributed by atoms with Crippen LogP contribution in [0.5, 0.6) is 0 Å². The first-order valence-electron chi connectivity index (χ1n) is 4.77. The van der Waals surface area contributed by atoms with E-state index < -0.39 is 5.97 Å². The molecule has 0 spiro atoms. The van der Waals surface area contributed by atoms with Crippen LogP contribution in [0.3, 0.4) is 0 Å². The van der Waals surface area contributed by atoms with Crippen molar-refractivity contribution in [2.45, 2.75) is 20.0 Å². The lowest BCUT2D eigenvalue weighted by atomic mass is 10.3. The maximum atomic E-state index is 11.1. The van der Waals surface area contributed by atoms with Crippen molar-refractivity contribution < 1.29 is 14.7 Å². The van der Waals surface area contributed by atoms with E-state index in [0.717, 1.165) is 5.69 Å². The smallest absolute Gasteiger partial charge is 0.352 e. The SMILES string of the molecule is CC(=O)N1CCn2c(ccc2C(=O)O)C1. The molecule has 1 aliphatic rings. The van der Waals surface area contributed by atoms with Gasteiger partial charge in [-0.3, -0.25) is 4.79 Å². The molecule has 0 saturated carbocycles. The number of hydrogen-bond acceptors (Lipinski definition) is 2. The van der Waals surface area contributed by atoms with E-state index in [4.69, 9.17) is 5.11 Å². The Hall–Kier alpha value is -1.78. The van der Waals surface area contributed by atoms with Gasteiger partial charge < -0.3 is 14.6 Å². The number of nitrogens with zero attached hydrogens (tertiary/aromatic N) is 2. The van der Waals surface area contributed by atoms with Crippen molar-refractivity contribution in [1.29, 1.82) is 0 Å². The Labute approximate surface area is 86.9 Å². The van der Waals surface area contributed by atoms with Crippen molar-refractivity contribution in [2.75, 3.05) is 6.54 Å². The lowest BCUT2D eigenvalue weighted by Gasteiger charge is -2.28. The zero-order chi connectivity index (χ0) is 11.0. The molecule has 0 bridgehead atoms. The minimum atomic E-state index is -0.919. The highest BCUT2D eigenvalue weighted by Crippen LogP contribution is 2.16. The summed E-state index contributed by atoms with van der Waals surface area (Å²) >= 11 is 0. The minimum Gasteiger partial charge on any atom is -0.477 e. The molecular weight excluding hydrogens is 196 g/mol. The highest BCUT2D eigenvalue weighted by atomic mass is 16.4. The van der Waals surface area contributed by atoms with Gasteiger partial charge in [0.15, 0.2) is 0 Å². The Bertz CT molecular complexity index is 422. The fourth-order valence-electron chi connectivity index (χ4n) is 1.86. The number of hydrogen-bond donors (Lipinski definition) is 1. The van der Waals surface area contributed by atoms with Crippen LogP contribution in [0, 0.1) is 0 Å². The predicted octanol–water partition coefficient (Wildman–Crippen LogP) is 0.548. The summed E-state index contributed by atoms with van der Waals surface area (Å²) in [5, 5.41) is 8.90. The van der Waals surface area contributed by atoms with Crippen LogP contribution in [-0.4, -0.2) is 33.0 Å². The van der Waals surface area contributed by atoms with Crippen LogP contribution in [0.1, 0.15) is 23.1 Å². The number of carbonyl (C=O) groups excluding carboxylic acids is 1.